The van der Waals surface area contributed by atoms with Gasteiger partial charge in [0.05, 0.1) is 10.5 Å². The van der Waals surface area contributed by atoms with Crippen LogP contribution in [0.25, 0.3) is 0 Å². The van der Waals surface area contributed by atoms with E-state index in [2.05, 4.69) is 30.8 Å². The predicted octanol–water partition coefficient (Wildman–Crippen LogP) is 3.53. The number of halogens is 1. The minimum Gasteiger partial charge on any atom is -0.350 e. The smallest absolute Gasteiger partial charge is 0.265 e. The third kappa shape index (κ3) is 3.64. The Labute approximate surface area is 130 Å². The molecule has 1 atom stereocenters. The minimum absolute atomic E-state index is 0.0935. The molecule has 1 aromatic carbocycles. The summed E-state index contributed by atoms with van der Waals surface area (Å²) < 4.78 is 3.87. The van der Waals surface area contributed by atoms with Crippen molar-refractivity contribution < 1.29 is 4.79 Å². The number of aromatic nitrogens is 2. The maximum Gasteiger partial charge on any atom is 0.265 e. The van der Waals surface area contributed by atoms with Crippen molar-refractivity contribution in [1.29, 1.82) is 0 Å². The fourth-order valence-corrected chi connectivity index (χ4v) is 2.98. The van der Waals surface area contributed by atoms with Crippen LogP contribution in [0.15, 0.2) is 30.3 Å². The van der Waals surface area contributed by atoms with Gasteiger partial charge in [0, 0.05) is 6.54 Å². The first-order valence-electron chi connectivity index (χ1n) is 6.39. The molecule has 2 rings (SSSR count). The number of carbonyl (C=O) groups is 1. The molecule has 2 aromatic rings. The highest BCUT2D eigenvalue weighted by Crippen LogP contribution is 2.22. The van der Waals surface area contributed by atoms with Crippen LogP contribution >= 0.6 is 27.5 Å². The van der Waals surface area contributed by atoms with E-state index in [0.29, 0.717) is 11.4 Å². The van der Waals surface area contributed by atoms with Crippen molar-refractivity contribution in [2.24, 2.45) is 0 Å². The highest BCUT2D eigenvalue weighted by atomic mass is 79.9. The van der Waals surface area contributed by atoms with Gasteiger partial charge in [-0.25, -0.2) is 0 Å². The summed E-state index contributed by atoms with van der Waals surface area (Å²) >= 11 is 4.73. The van der Waals surface area contributed by atoms with E-state index in [4.69, 9.17) is 0 Å². The first-order chi connectivity index (χ1) is 9.59. The van der Waals surface area contributed by atoms with Crippen LogP contribution in [0, 0.1) is 0 Å². The van der Waals surface area contributed by atoms with E-state index in [0.717, 1.165) is 22.8 Å². The largest absolute Gasteiger partial charge is 0.350 e. The van der Waals surface area contributed by atoms with Crippen molar-refractivity contribution in [1.82, 2.24) is 14.9 Å². The Bertz CT molecular complexity index is 571. The molecule has 0 saturated carbocycles. The predicted molar refractivity (Wildman–Crippen MR) is 84.4 cm³/mol. The number of nitrogens with zero attached hydrogens (tertiary/aromatic N) is 2. The van der Waals surface area contributed by atoms with Gasteiger partial charge in [-0.15, -0.1) is 5.10 Å². The standard InChI is InChI=1S/C14H16BrN3OS/c1-9(2)12-13(20-18-17-12)14(19)16-8-11(15)10-6-4-3-5-7-10/h3-7,9,11H,8H2,1-2H3,(H,16,19). The summed E-state index contributed by atoms with van der Waals surface area (Å²) in [6, 6.07) is 9.99. The molecular formula is C14H16BrN3OS. The molecule has 0 spiro atoms. The molecule has 0 aliphatic heterocycles. The third-order valence-electron chi connectivity index (χ3n) is 2.87. The summed E-state index contributed by atoms with van der Waals surface area (Å²) in [5.74, 6) is 0.0903. The number of nitrogens with one attached hydrogen (secondary N) is 1. The zero-order valence-corrected chi connectivity index (χ0v) is 13.7. The van der Waals surface area contributed by atoms with E-state index in [1.807, 2.05) is 44.2 Å². The van der Waals surface area contributed by atoms with Gasteiger partial charge in [-0.2, -0.15) is 0 Å². The fourth-order valence-electron chi connectivity index (χ4n) is 1.78. The van der Waals surface area contributed by atoms with Crippen molar-refractivity contribution in [3.63, 3.8) is 0 Å². The summed E-state index contributed by atoms with van der Waals surface area (Å²) in [5, 5.41) is 6.94. The fraction of sp³-hybridized carbons (Fsp3) is 0.357. The van der Waals surface area contributed by atoms with Gasteiger partial charge in [0.2, 0.25) is 0 Å². The first kappa shape index (κ1) is 15.1. The lowest BCUT2D eigenvalue weighted by molar-refractivity contribution is 0.0956. The molecule has 106 valence electrons. The van der Waals surface area contributed by atoms with E-state index in [-0.39, 0.29) is 16.7 Å². The Balaban J connectivity index is 1.97. The Hall–Kier alpha value is -1.27. The zero-order chi connectivity index (χ0) is 14.5. The Kier molecular flexibility index (Phi) is 5.25. The van der Waals surface area contributed by atoms with Crippen LogP contribution in [0.5, 0.6) is 0 Å². The van der Waals surface area contributed by atoms with Crippen LogP contribution in [0.3, 0.4) is 0 Å². The zero-order valence-electron chi connectivity index (χ0n) is 11.3. The van der Waals surface area contributed by atoms with Crippen molar-refractivity contribution in [2.75, 3.05) is 6.54 Å². The number of benzene rings is 1. The average molecular weight is 354 g/mol. The highest BCUT2D eigenvalue weighted by molar-refractivity contribution is 9.09. The number of hydrogen-bond acceptors (Lipinski definition) is 4. The van der Waals surface area contributed by atoms with Crippen LogP contribution in [0.1, 0.15) is 45.5 Å². The lowest BCUT2D eigenvalue weighted by atomic mass is 10.1. The number of rotatable bonds is 5. The normalized spacial score (nSPS) is 12.4. The number of alkyl halides is 1. The third-order valence-corrected chi connectivity index (χ3v) is 4.46. The van der Waals surface area contributed by atoms with Gasteiger partial charge in [-0.05, 0) is 23.0 Å². The Morgan fingerprint density at radius 2 is 2.05 bits per heavy atom. The summed E-state index contributed by atoms with van der Waals surface area (Å²) in [4.78, 5) is 12.9. The molecule has 1 aromatic heterocycles. The SMILES string of the molecule is CC(C)c1nnsc1C(=O)NCC(Br)c1ccccc1. The van der Waals surface area contributed by atoms with Gasteiger partial charge in [0.1, 0.15) is 4.88 Å². The molecule has 0 saturated heterocycles. The number of hydrogen-bond donors (Lipinski definition) is 1. The van der Waals surface area contributed by atoms with E-state index in [1.54, 1.807) is 0 Å². The Morgan fingerprint density at radius 3 is 2.70 bits per heavy atom. The highest BCUT2D eigenvalue weighted by Gasteiger charge is 2.19. The Morgan fingerprint density at radius 1 is 1.35 bits per heavy atom. The second-order valence-electron chi connectivity index (χ2n) is 4.73. The molecular weight excluding hydrogens is 338 g/mol. The van der Waals surface area contributed by atoms with E-state index in [9.17, 15) is 4.79 Å². The average Bonchev–Trinajstić information content (AvgIpc) is 2.95. The molecule has 0 fully saturated rings. The number of carbonyl (C=O) groups excluding carboxylic acids is 1. The van der Waals surface area contributed by atoms with Crippen LogP contribution < -0.4 is 5.32 Å². The molecule has 1 unspecified atom stereocenters. The maximum absolute atomic E-state index is 12.2. The topological polar surface area (TPSA) is 54.9 Å². The van der Waals surface area contributed by atoms with Crippen LogP contribution in [0.2, 0.25) is 0 Å². The second-order valence-corrected chi connectivity index (χ2v) is 6.59. The number of amides is 1. The van der Waals surface area contributed by atoms with Crippen molar-refractivity contribution in [3.05, 3.63) is 46.5 Å². The van der Waals surface area contributed by atoms with Gasteiger partial charge in [0.25, 0.3) is 5.91 Å². The summed E-state index contributed by atoms with van der Waals surface area (Å²) in [6.45, 7) is 4.54. The molecule has 6 heteroatoms. The molecule has 4 nitrogen and oxygen atoms in total. The van der Waals surface area contributed by atoms with Gasteiger partial charge in [-0.1, -0.05) is 64.6 Å². The molecule has 1 N–H and O–H groups in total. The molecule has 0 aliphatic rings. The molecule has 0 aliphatic carbocycles. The molecule has 1 amide bonds. The maximum atomic E-state index is 12.2. The monoisotopic (exact) mass is 353 g/mol. The molecule has 1 heterocycles. The van der Waals surface area contributed by atoms with Crippen LogP contribution in [0.4, 0.5) is 0 Å². The van der Waals surface area contributed by atoms with E-state index >= 15 is 0 Å². The lowest BCUT2D eigenvalue weighted by Gasteiger charge is -2.11. The van der Waals surface area contributed by atoms with Crippen LogP contribution in [-0.2, 0) is 0 Å². The van der Waals surface area contributed by atoms with Crippen LogP contribution in [-0.4, -0.2) is 22.0 Å². The van der Waals surface area contributed by atoms with E-state index in [1.165, 1.54) is 0 Å². The minimum atomic E-state index is -0.107. The first-order valence-corrected chi connectivity index (χ1v) is 8.08. The van der Waals surface area contributed by atoms with Crippen molar-refractivity contribution >= 4 is 33.4 Å². The van der Waals surface area contributed by atoms with Gasteiger partial charge < -0.3 is 5.32 Å². The van der Waals surface area contributed by atoms with Gasteiger partial charge in [0.15, 0.2) is 0 Å². The second kappa shape index (κ2) is 6.95. The van der Waals surface area contributed by atoms with Crippen molar-refractivity contribution in [3.8, 4) is 0 Å². The quantitative estimate of drug-likeness (QED) is 0.836. The van der Waals surface area contributed by atoms with Gasteiger partial charge in [-0.3, -0.25) is 4.79 Å². The molecule has 0 radical (unpaired) electrons. The van der Waals surface area contributed by atoms with E-state index < -0.39 is 0 Å². The van der Waals surface area contributed by atoms with Gasteiger partial charge >= 0.3 is 0 Å². The summed E-state index contributed by atoms with van der Waals surface area (Å²) in [6.07, 6.45) is 0. The summed E-state index contributed by atoms with van der Waals surface area (Å²) in [7, 11) is 0. The lowest BCUT2D eigenvalue weighted by Crippen LogP contribution is -2.27. The van der Waals surface area contributed by atoms with Crippen molar-refractivity contribution in [2.45, 2.75) is 24.6 Å². The summed E-state index contributed by atoms with van der Waals surface area (Å²) in [5.41, 5.74) is 1.90. The molecule has 20 heavy (non-hydrogen) atoms. The molecule has 0 bridgehead atoms.